The maximum atomic E-state index is 13.7. The Bertz CT molecular complexity index is 1380. The van der Waals surface area contributed by atoms with Crippen LogP contribution in [0.1, 0.15) is 27.3 Å². The first-order valence-electron chi connectivity index (χ1n) is 10.7. The lowest BCUT2D eigenvalue weighted by Crippen LogP contribution is -2.33. The SMILES string of the molecule is O=C(Nc1nc[nH]n1)c1ccc2nc(C(O)(c3ccccc3)c3ccccc3)n(CCF)c2c1. The lowest BCUT2D eigenvalue weighted by Gasteiger charge is -2.29. The molecule has 0 spiro atoms. The van der Waals surface area contributed by atoms with Gasteiger partial charge in [-0.3, -0.25) is 15.2 Å². The number of aromatic amines is 1. The number of halogens is 1. The Morgan fingerprint density at radius 1 is 1.03 bits per heavy atom. The Morgan fingerprint density at radius 2 is 1.71 bits per heavy atom. The van der Waals surface area contributed by atoms with Crippen molar-refractivity contribution in [3.05, 3.63) is 108 Å². The molecule has 3 aromatic carbocycles. The van der Waals surface area contributed by atoms with Crippen molar-refractivity contribution in [2.24, 2.45) is 0 Å². The van der Waals surface area contributed by atoms with Crippen molar-refractivity contribution in [2.75, 3.05) is 12.0 Å². The highest BCUT2D eigenvalue weighted by Gasteiger charge is 2.39. The van der Waals surface area contributed by atoms with E-state index in [-0.39, 0.29) is 18.3 Å². The van der Waals surface area contributed by atoms with Crippen molar-refractivity contribution in [2.45, 2.75) is 12.1 Å². The molecule has 0 saturated heterocycles. The molecule has 5 rings (SSSR count). The molecule has 8 nitrogen and oxygen atoms in total. The van der Waals surface area contributed by atoms with Crippen molar-refractivity contribution in [1.82, 2.24) is 24.7 Å². The fraction of sp³-hybridized carbons (Fsp3) is 0.120. The molecule has 5 aromatic rings. The zero-order chi connectivity index (χ0) is 23.5. The molecule has 2 heterocycles. The van der Waals surface area contributed by atoms with Crippen molar-refractivity contribution in [3.8, 4) is 0 Å². The number of amides is 1. The molecule has 0 atom stereocenters. The van der Waals surface area contributed by atoms with E-state index in [2.05, 4.69) is 20.5 Å². The lowest BCUT2D eigenvalue weighted by atomic mass is 9.85. The minimum Gasteiger partial charge on any atom is -0.373 e. The molecular formula is C25H21FN6O2. The number of nitrogens with one attached hydrogen (secondary N) is 2. The second kappa shape index (κ2) is 8.87. The molecule has 0 bridgehead atoms. The highest BCUT2D eigenvalue weighted by molar-refractivity contribution is 6.05. The average Bonchev–Trinajstić information content (AvgIpc) is 3.53. The highest BCUT2D eigenvalue weighted by atomic mass is 19.1. The summed E-state index contributed by atoms with van der Waals surface area (Å²) >= 11 is 0. The van der Waals surface area contributed by atoms with Crippen molar-refractivity contribution in [3.63, 3.8) is 0 Å². The van der Waals surface area contributed by atoms with Gasteiger partial charge in [0.2, 0.25) is 5.95 Å². The lowest BCUT2D eigenvalue weighted by molar-refractivity contribution is 0.102. The number of aryl methyl sites for hydroxylation is 1. The second-order valence-electron chi connectivity index (χ2n) is 7.70. The number of H-pyrrole nitrogens is 1. The maximum absolute atomic E-state index is 13.7. The summed E-state index contributed by atoms with van der Waals surface area (Å²) in [7, 11) is 0. The van der Waals surface area contributed by atoms with Crippen LogP contribution in [0.4, 0.5) is 10.3 Å². The summed E-state index contributed by atoms with van der Waals surface area (Å²) < 4.78 is 15.4. The van der Waals surface area contributed by atoms with Gasteiger partial charge in [-0.25, -0.2) is 14.4 Å². The smallest absolute Gasteiger partial charge is 0.258 e. The topological polar surface area (TPSA) is 109 Å². The molecule has 2 aromatic heterocycles. The number of benzene rings is 3. The van der Waals surface area contributed by atoms with Gasteiger partial charge in [-0.15, -0.1) is 5.10 Å². The van der Waals surface area contributed by atoms with Gasteiger partial charge < -0.3 is 9.67 Å². The van der Waals surface area contributed by atoms with E-state index in [4.69, 9.17) is 4.98 Å². The zero-order valence-electron chi connectivity index (χ0n) is 18.0. The Morgan fingerprint density at radius 3 is 2.29 bits per heavy atom. The van der Waals surface area contributed by atoms with Crippen molar-refractivity contribution < 1.29 is 14.3 Å². The molecule has 34 heavy (non-hydrogen) atoms. The van der Waals surface area contributed by atoms with Gasteiger partial charge in [0.15, 0.2) is 11.4 Å². The molecule has 0 fully saturated rings. The van der Waals surface area contributed by atoms with Gasteiger partial charge >= 0.3 is 0 Å². The minimum absolute atomic E-state index is 0.0419. The van der Waals surface area contributed by atoms with Gasteiger partial charge in [-0.05, 0) is 29.3 Å². The summed E-state index contributed by atoms with van der Waals surface area (Å²) in [4.78, 5) is 21.3. The van der Waals surface area contributed by atoms with Gasteiger partial charge in [0, 0.05) is 5.56 Å². The van der Waals surface area contributed by atoms with E-state index in [1.807, 2.05) is 60.7 Å². The van der Waals surface area contributed by atoms with Crippen LogP contribution < -0.4 is 5.32 Å². The van der Waals surface area contributed by atoms with Crippen LogP contribution in [0.25, 0.3) is 11.0 Å². The number of carbonyl (C=O) groups is 1. The third kappa shape index (κ3) is 3.71. The summed E-state index contributed by atoms with van der Waals surface area (Å²) in [5, 5.41) is 21.1. The van der Waals surface area contributed by atoms with Crippen molar-refractivity contribution in [1.29, 1.82) is 0 Å². The number of alkyl halides is 1. The van der Waals surface area contributed by atoms with Crippen LogP contribution in [0.5, 0.6) is 0 Å². The Kier molecular flexibility index (Phi) is 5.60. The van der Waals surface area contributed by atoms with Crippen LogP contribution in [0.15, 0.2) is 85.2 Å². The normalized spacial score (nSPS) is 11.6. The van der Waals surface area contributed by atoms with E-state index in [1.54, 1.807) is 22.8 Å². The van der Waals surface area contributed by atoms with Crippen LogP contribution in [-0.4, -0.2) is 42.4 Å². The fourth-order valence-electron chi connectivity index (χ4n) is 4.08. The van der Waals surface area contributed by atoms with Crippen LogP contribution in [0.3, 0.4) is 0 Å². The van der Waals surface area contributed by atoms with E-state index in [0.29, 0.717) is 27.7 Å². The summed E-state index contributed by atoms with van der Waals surface area (Å²) in [5.41, 5.74) is 0.937. The molecule has 170 valence electrons. The van der Waals surface area contributed by atoms with E-state index in [9.17, 15) is 14.3 Å². The summed E-state index contributed by atoms with van der Waals surface area (Å²) in [6, 6.07) is 23.2. The predicted molar refractivity (Wildman–Crippen MR) is 125 cm³/mol. The molecule has 9 heteroatoms. The van der Waals surface area contributed by atoms with Crippen molar-refractivity contribution >= 4 is 22.9 Å². The maximum Gasteiger partial charge on any atom is 0.258 e. The molecule has 0 aliphatic carbocycles. The number of hydrogen-bond donors (Lipinski definition) is 3. The Labute approximate surface area is 194 Å². The predicted octanol–water partition coefficient (Wildman–Crippen LogP) is 3.66. The average molecular weight is 456 g/mol. The molecule has 0 unspecified atom stereocenters. The van der Waals surface area contributed by atoms with Gasteiger partial charge in [-0.2, -0.15) is 0 Å². The van der Waals surface area contributed by atoms with Gasteiger partial charge in [0.1, 0.15) is 13.0 Å². The van der Waals surface area contributed by atoms with E-state index < -0.39 is 18.2 Å². The number of aliphatic hydroxyl groups is 1. The number of anilines is 1. The van der Waals surface area contributed by atoms with E-state index >= 15 is 0 Å². The Hall–Kier alpha value is -4.37. The molecule has 0 saturated carbocycles. The first-order chi connectivity index (χ1) is 16.6. The number of fused-ring (bicyclic) bond motifs is 1. The third-order valence-electron chi connectivity index (χ3n) is 5.67. The van der Waals surface area contributed by atoms with Crippen LogP contribution in [-0.2, 0) is 12.1 Å². The van der Waals surface area contributed by atoms with Gasteiger partial charge in [0.05, 0.1) is 17.6 Å². The molecule has 0 aliphatic heterocycles. The summed E-state index contributed by atoms with van der Waals surface area (Å²) in [5.74, 6) is -0.00733. The second-order valence-corrected chi connectivity index (χ2v) is 7.70. The molecule has 0 radical (unpaired) electrons. The van der Waals surface area contributed by atoms with Crippen LogP contribution in [0.2, 0.25) is 0 Å². The largest absolute Gasteiger partial charge is 0.373 e. The number of hydrogen-bond acceptors (Lipinski definition) is 5. The highest BCUT2D eigenvalue weighted by Crippen LogP contribution is 2.37. The quantitative estimate of drug-likeness (QED) is 0.346. The van der Waals surface area contributed by atoms with E-state index in [1.165, 1.54) is 6.33 Å². The standard InChI is InChI=1S/C25H21FN6O2/c26-13-14-32-21-15-17(22(33)30-24-27-16-28-31-24)11-12-20(21)29-23(32)25(34,18-7-3-1-4-8-18)19-9-5-2-6-10-19/h1-12,15-16,34H,13-14H2,(H2,27,28,30,31,33). The number of carbonyl (C=O) groups excluding carboxylic acids is 1. The summed E-state index contributed by atoms with van der Waals surface area (Å²) in [6.45, 7) is -0.717. The third-order valence-corrected chi connectivity index (χ3v) is 5.67. The molecular weight excluding hydrogens is 435 g/mol. The number of aromatic nitrogens is 5. The fourth-order valence-corrected chi connectivity index (χ4v) is 4.08. The van der Waals surface area contributed by atoms with Crippen LogP contribution >= 0.6 is 0 Å². The molecule has 3 N–H and O–H groups in total. The van der Waals surface area contributed by atoms with E-state index in [0.717, 1.165) is 0 Å². The molecule has 1 amide bonds. The molecule has 0 aliphatic rings. The van der Waals surface area contributed by atoms with Crippen LogP contribution in [0, 0.1) is 0 Å². The first kappa shape index (κ1) is 21.5. The van der Waals surface area contributed by atoms with Gasteiger partial charge in [0.25, 0.3) is 5.91 Å². The first-order valence-corrected chi connectivity index (χ1v) is 10.7. The monoisotopic (exact) mass is 456 g/mol. The number of imidazole rings is 1. The number of nitrogens with zero attached hydrogens (tertiary/aromatic N) is 4. The summed E-state index contributed by atoms with van der Waals surface area (Å²) in [6.07, 6.45) is 1.36. The number of rotatable bonds is 7. The Balaban J connectivity index is 1.68. The zero-order valence-corrected chi connectivity index (χ0v) is 18.0. The minimum atomic E-state index is -1.64. The van der Waals surface area contributed by atoms with Gasteiger partial charge in [-0.1, -0.05) is 60.7 Å².